The fourth-order valence-electron chi connectivity index (χ4n) is 3.39. The van der Waals surface area contributed by atoms with Gasteiger partial charge in [-0.15, -0.1) is 0 Å². The van der Waals surface area contributed by atoms with E-state index >= 15 is 0 Å². The first kappa shape index (κ1) is 19.3. The second-order valence-electron chi connectivity index (χ2n) is 6.91. The van der Waals surface area contributed by atoms with Gasteiger partial charge >= 0.3 is 0 Å². The number of hydrogen-bond donors (Lipinski definition) is 2. The molecular formula is C21H25FN2O3. The summed E-state index contributed by atoms with van der Waals surface area (Å²) in [5, 5.41) is 14.0. The molecule has 1 fully saturated rings. The number of nitrogens with one attached hydrogen (secondary N) is 1. The molecule has 1 amide bonds. The van der Waals surface area contributed by atoms with Crippen LogP contribution in [0.1, 0.15) is 24.0 Å². The van der Waals surface area contributed by atoms with E-state index in [1.54, 1.807) is 12.1 Å². The van der Waals surface area contributed by atoms with Crippen molar-refractivity contribution in [2.75, 3.05) is 20.2 Å². The van der Waals surface area contributed by atoms with Crippen LogP contribution in [0.2, 0.25) is 0 Å². The van der Waals surface area contributed by atoms with Crippen LogP contribution in [0.5, 0.6) is 5.75 Å². The molecule has 1 saturated heterocycles. The topological polar surface area (TPSA) is 61.8 Å². The fourth-order valence-corrected chi connectivity index (χ4v) is 3.39. The second kappa shape index (κ2) is 8.50. The second-order valence-corrected chi connectivity index (χ2v) is 6.91. The number of piperidine rings is 1. The van der Waals surface area contributed by atoms with E-state index < -0.39 is 5.60 Å². The van der Waals surface area contributed by atoms with Crippen molar-refractivity contribution in [2.45, 2.75) is 31.5 Å². The largest absolute Gasteiger partial charge is 0.497 e. The SMILES string of the molecule is COc1ccc(F)c(CN2CCC[C@](O)(CNCc3ccccc3)C2=O)c1. The first-order valence-corrected chi connectivity index (χ1v) is 9.11. The molecule has 0 aliphatic carbocycles. The molecule has 6 heteroatoms. The standard InChI is InChI=1S/C21H25FN2O3/c1-27-18-8-9-19(22)17(12-18)14-24-11-5-10-21(26,20(24)25)15-23-13-16-6-3-2-4-7-16/h2-4,6-9,12,23,26H,5,10-11,13-15H2,1H3/t21-/m0/s1. The Bertz CT molecular complexity index is 784. The van der Waals surface area contributed by atoms with Gasteiger partial charge in [0.15, 0.2) is 5.60 Å². The Kier molecular flexibility index (Phi) is 6.08. The van der Waals surface area contributed by atoms with E-state index in [9.17, 15) is 14.3 Å². The minimum absolute atomic E-state index is 0.114. The highest BCUT2D eigenvalue weighted by atomic mass is 19.1. The van der Waals surface area contributed by atoms with Gasteiger partial charge in [-0.05, 0) is 36.6 Å². The molecule has 0 spiro atoms. The van der Waals surface area contributed by atoms with Gasteiger partial charge in [-0.25, -0.2) is 4.39 Å². The molecule has 0 bridgehead atoms. The normalized spacial score (nSPS) is 20.0. The number of hydrogen-bond acceptors (Lipinski definition) is 4. The maximum atomic E-state index is 14.1. The van der Waals surface area contributed by atoms with E-state index in [1.807, 2.05) is 30.3 Å². The molecule has 2 N–H and O–H groups in total. The van der Waals surface area contributed by atoms with Crippen molar-refractivity contribution in [3.8, 4) is 5.75 Å². The molecule has 0 aromatic heterocycles. The Morgan fingerprint density at radius 2 is 2.04 bits per heavy atom. The molecule has 5 nitrogen and oxygen atoms in total. The Hall–Kier alpha value is -2.44. The highest BCUT2D eigenvalue weighted by Gasteiger charge is 2.41. The summed E-state index contributed by atoms with van der Waals surface area (Å²) in [5.41, 5.74) is -0.00796. The third-order valence-corrected chi connectivity index (χ3v) is 4.91. The number of carbonyl (C=O) groups excluding carboxylic acids is 1. The quantitative estimate of drug-likeness (QED) is 0.784. The summed E-state index contributed by atoms with van der Waals surface area (Å²) in [5.74, 6) is -0.216. The molecule has 3 rings (SSSR count). The monoisotopic (exact) mass is 372 g/mol. The van der Waals surface area contributed by atoms with Crippen molar-refractivity contribution < 1.29 is 19.0 Å². The summed E-state index contributed by atoms with van der Waals surface area (Å²) in [7, 11) is 1.51. The number of rotatable bonds is 7. The van der Waals surface area contributed by atoms with E-state index in [0.29, 0.717) is 37.2 Å². The van der Waals surface area contributed by atoms with Crippen molar-refractivity contribution in [3.05, 3.63) is 65.5 Å². The van der Waals surface area contributed by atoms with Crippen LogP contribution in [0.4, 0.5) is 4.39 Å². The molecule has 144 valence electrons. The summed E-state index contributed by atoms with van der Waals surface area (Å²) < 4.78 is 19.2. The number of halogens is 1. The number of aliphatic hydroxyl groups is 1. The van der Waals surface area contributed by atoms with Gasteiger partial charge in [0.2, 0.25) is 0 Å². The van der Waals surface area contributed by atoms with Crippen LogP contribution < -0.4 is 10.1 Å². The van der Waals surface area contributed by atoms with E-state index in [0.717, 1.165) is 5.56 Å². The predicted molar refractivity (Wildman–Crippen MR) is 101 cm³/mol. The summed E-state index contributed by atoms with van der Waals surface area (Å²) in [4.78, 5) is 14.4. The number of carbonyl (C=O) groups is 1. The lowest BCUT2D eigenvalue weighted by atomic mass is 9.91. The van der Waals surface area contributed by atoms with Gasteiger partial charge < -0.3 is 20.1 Å². The van der Waals surface area contributed by atoms with E-state index in [2.05, 4.69) is 5.32 Å². The van der Waals surface area contributed by atoms with E-state index in [1.165, 1.54) is 18.1 Å². The van der Waals surface area contributed by atoms with E-state index in [4.69, 9.17) is 4.74 Å². The zero-order valence-electron chi connectivity index (χ0n) is 15.5. The lowest BCUT2D eigenvalue weighted by molar-refractivity contribution is -0.157. The number of amides is 1. The number of nitrogens with zero attached hydrogens (tertiary/aromatic N) is 1. The van der Waals surface area contributed by atoms with Crippen molar-refractivity contribution >= 4 is 5.91 Å². The van der Waals surface area contributed by atoms with E-state index in [-0.39, 0.29) is 24.8 Å². The van der Waals surface area contributed by atoms with Crippen molar-refractivity contribution in [1.29, 1.82) is 0 Å². The molecule has 0 radical (unpaired) electrons. The highest BCUT2D eigenvalue weighted by Crippen LogP contribution is 2.26. The first-order chi connectivity index (χ1) is 13.0. The van der Waals surface area contributed by atoms with Crippen LogP contribution in [0.25, 0.3) is 0 Å². The van der Waals surface area contributed by atoms with Gasteiger partial charge in [-0.1, -0.05) is 30.3 Å². The lowest BCUT2D eigenvalue weighted by Crippen LogP contribution is -2.57. The molecular weight excluding hydrogens is 347 g/mol. The predicted octanol–water partition coefficient (Wildman–Crippen LogP) is 2.48. The Balaban J connectivity index is 1.64. The van der Waals surface area contributed by atoms with Gasteiger partial charge in [0.1, 0.15) is 11.6 Å². The van der Waals surface area contributed by atoms with Gasteiger partial charge in [-0.2, -0.15) is 0 Å². The smallest absolute Gasteiger partial charge is 0.256 e. The maximum Gasteiger partial charge on any atom is 0.256 e. The van der Waals surface area contributed by atoms with Crippen LogP contribution in [-0.2, 0) is 17.9 Å². The Morgan fingerprint density at radius 1 is 1.26 bits per heavy atom. The van der Waals surface area contributed by atoms with Gasteiger partial charge in [0, 0.05) is 31.7 Å². The molecule has 1 atom stereocenters. The lowest BCUT2D eigenvalue weighted by Gasteiger charge is -2.38. The summed E-state index contributed by atoms with van der Waals surface area (Å²) in [6.45, 7) is 1.35. The number of methoxy groups -OCH3 is 1. The summed E-state index contributed by atoms with van der Waals surface area (Å²) in [6.07, 6.45) is 1.06. The first-order valence-electron chi connectivity index (χ1n) is 9.11. The van der Waals surface area contributed by atoms with Crippen LogP contribution in [0.3, 0.4) is 0 Å². The molecule has 2 aromatic rings. The molecule has 1 aliphatic rings. The van der Waals surface area contributed by atoms with Crippen LogP contribution in [0, 0.1) is 5.82 Å². The molecule has 1 aliphatic heterocycles. The minimum atomic E-state index is -1.47. The average Bonchev–Trinajstić information content (AvgIpc) is 2.68. The Labute approximate surface area is 158 Å². The third-order valence-electron chi connectivity index (χ3n) is 4.91. The van der Waals surface area contributed by atoms with Gasteiger partial charge in [0.05, 0.1) is 7.11 Å². The van der Waals surface area contributed by atoms with Gasteiger partial charge in [-0.3, -0.25) is 4.79 Å². The average molecular weight is 372 g/mol. The molecule has 27 heavy (non-hydrogen) atoms. The van der Waals surface area contributed by atoms with Crippen molar-refractivity contribution in [1.82, 2.24) is 10.2 Å². The van der Waals surface area contributed by atoms with Crippen LogP contribution >= 0.6 is 0 Å². The Morgan fingerprint density at radius 3 is 2.78 bits per heavy atom. The fraction of sp³-hybridized carbons (Fsp3) is 0.381. The maximum absolute atomic E-state index is 14.1. The highest BCUT2D eigenvalue weighted by molar-refractivity contribution is 5.86. The molecule has 1 heterocycles. The van der Waals surface area contributed by atoms with Gasteiger partial charge in [0.25, 0.3) is 5.91 Å². The zero-order valence-corrected chi connectivity index (χ0v) is 15.5. The molecule has 0 unspecified atom stereocenters. The third kappa shape index (κ3) is 4.64. The van der Waals surface area contributed by atoms with Crippen molar-refractivity contribution in [3.63, 3.8) is 0 Å². The minimum Gasteiger partial charge on any atom is -0.497 e. The number of likely N-dealkylation sites (tertiary alicyclic amines) is 1. The number of ether oxygens (including phenoxy) is 1. The summed E-state index contributed by atoms with van der Waals surface area (Å²) >= 11 is 0. The molecule has 2 aromatic carbocycles. The number of benzene rings is 2. The van der Waals surface area contributed by atoms with Crippen LogP contribution in [-0.4, -0.2) is 41.7 Å². The van der Waals surface area contributed by atoms with Crippen molar-refractivity contribution in [2.24, 2.45) is 0 Å². The molecule has 0 saturated carbocycles. The summed E-state index contributed by atoms with van der Waals surface area (Å²) in [6, 6.07) is 14.3. The zero-order chi connectivity index (χ0) is 19.3. The van der Waals surface area contributed by atoms with Crippen LogP contribution in [0.15, 0.2) is 48.5 Å².